The summed E-state index contributed by atoms with van der Waals surface area (Å²) >= 11 is 10.8. The van der Waals surface area contributed by atoms with Crippen molar-refractivity contribution in [2.75, 3.05) is 160 Å². The van der Waals surface area contributed by atoms with Gasteiger partial charge in [-0.05, 0) is 231 Å². The molecular weight excluding hydrogens is 1720 g/mol. The van der Waals surface area contributed by atoms with Crippen molar-refractivity contribution in [3.63, 3.8) is 0 Å². The number of aromatic nitrogens is 2. The van der Waals surface area contributed by atoms with E-state index >= 15 is 0 Å². The molecule has 0 spiro atoms. The fourth-order valence-corrected chi connectivity index (χ4v) is 17.1. The zero-order valence-electron chi connectivity index (χ0n) is 74.8. The number of aryl methyl sites for hydroxylation is 2. The summed E-state index contributed by atoms with van der Waals surface area (Å²) < 4.78 is 22.3. The number of aromatic carboxylic acids is 1. The lowest BCUT2D eigenvalue weighted by molar-refractivity contribution is -0.130. The third-order valence-corrected chi connectivity index (χ3v) is 25.2. The van der Waals surface area contributed by atoms with Gasteiger partial charge in [0.2, 0.25) is 17.7 Å². The first-order valence-corrected chi connectivity index (χ1v) is 46.1. The first kappa shape index (κ1) is 102. The van der Waals surface area contributed by atoms with E-state index < -0.39 is 24.3 Å². The van der Waals surface area contributed by atoms with E-state index in [0.717, 1.165) is 263 Å². The Kier molecular flexibility index (Phi) is 42.0. The lowest BCUT2D eigenvalue weighted by Gasteiger charge is -2.33. The van der Waals surface area contributed by atoms with Crippen molar-refractivity contribution in [3.8, 4) is 11.5 Å². The topological polar surface area (TPSA) is 375 Å². The molecule has 5 amide bonds. The van der Waals surface area contributed by atoms with Gasteiger partial charge in [-0.1, -0.05) is 12.1 Å². The van der Waals surface area contributed by atoms with Gasteiger partial charge in [-0.25, -0.2) is 14.8 Å². The molecule has 0 radical (unpaired) electrons. The molecule has 8 aliphatic rings. The molecule has 6 saturated heterocycles. The number of amides is 5. The van der Waals surface area contributed by atoms with E-state index in [1.54, 1.807) is 32.9 Å². The van der Waals surface area contributed by atoms with Crippen LogP contribution in [0.4, 0.5) is 34.1 Å². The monoisotopic (exact) mass is 1850 g/mol. The summed E-state index contributed by atoms with van der Waals surface area (Å²) in [6.07, 6.45) is 18.8. The number of hydrogen-bond donors (Lipinski definition) is 11. The number of likely N-dealkylation sites (tertiary alicyclic amines) is 3. The van der Waals surface area contributed by atoms with Crippen LogP contribution in [0.15, 0.2) is 113 Å². The minimum absolute atomic E-state index is 0. The number of carboxylic acids is 1. The van der Waals surface area contributed by atoms with E-state index in [1.807, 2.05) is 64.9 Å². The van der Waals surface area contributed by atoms with Gasteiger partial charge in [0.05, 0.1) is 41.1 Å². The lowest BCUT2D eigenvalue weighted by atomic mass is 9.99. The standard InChI is InChI=1S/C36H48N6O5.C22H33ClN4O3.C19H27N3O3.C14H16N2O2.C3H8ClNO.2ClH/c1-25-35(47-24-38-25)23-46-34-7-6-28-21-40(13-8-27(28)18-34)22-33(44)20-37-36(45)29-16-31(19-32(17-29)42-11-4-3-5-12-42)39-30-9-14-41(15-10-30)26(2)43;1-16(28)26-9-5-18(6-10-26)25-19-11-17(22(30)24-15-21(29)14-23)12-20(13-19)27-7-3-2-4-8-27;1-14(23)21-9-5-16(6-10-21)20-17-11-15(19(24)25)12-18(13-17)22-7-3-2-4-8-22;1-10-14(18-9-16-10)8-17-13-3-2-12-7-15-5-4-11(12)6-13;4-1-3(6)2-5;;/h6-7,16-19,24,30,33,39,44H,3-5,8-15,20-23H2,1-2H3,(H,37,45);11-13,18,21,25,29H,2-10,14-15H2,1H3,(H,24,30);11-13,16,20H,2-10H2,1H3,(H,24,25);2-3,6,9,15H,4-5,7-8H2,1H3;3,6H,1-2,5H2;2*1H/t33-;21-;;;3-;;/m01..1../s1. The number of alkyl halides is 2. The molecule has 3 atom stereocenters. The number of fused-ring (bicyclic) bond motifs is 2. The van der Waals surface area contributed by atoms with Gasteiger partial charge in [-0.15, -0.1) is 48.0 Å². The summed E-state index contributed by atoms with van der Waals surface area (Å²) in [6, 6.07) is 30.7. The number of β-amino-alcohol motifs (C(OH)–C–C–N with tert-alkyl or cyclic N) is 1. The molecule has 0 unspecified atom stereocenters. The molecule has 12 N–H and O–H groups in total. The number of ether oxygens (including phenoxy) is 2. The summed E-state index contributed by atoms with van der Waals surface area (Å²) in [5, 5.41) is 58.2. The Hall–Kier alpha value is -9.34. The van der Waals surface area contributed by atoms with Crippen molar-refractivity contribution in [1.82, 2.24) is 45.5 Å². The Morgan fingerprint density at radius 3 is 1.23 bits per heavy atom. The number of aliphatic hydroxyl groups excluding tert-OH is 3. The van der Waals surface area contributed by atoms with E-state index in [-0.39, 0.29) is 104 Å². The van der Waals surface area contributed by atoms with Crippen LogP contribution in [0.25, 0.3) is 0 Å². The molecular formula is C94H134Cl4N16O14. The smallest absolute Gasteiger partial charge is 0.335 e. The molecule has 0 saturated carbocycles. The Balaban J connectivity index is 0.000000198. The average Bonchev–Trinajstić information content (AvgIpc) is 0.930. The number of benzene rings is 5. The van der Waals surface area contributed by atoms with Gasteiger partial charge in [0.1, 0.15) is 24.7 Å². The molecule has 702 valence electrons. The van der Waals surface area contributed by atoms with Crippen LogP contribution in [0, 0.1) is 13.8 Å². The first-order chi connectivity index (χ1) is 60.9. The highest BCUT2D eigenvalue weighted by Crippen LogP contribution is 2.33. The summed E-state index contributed by atoms with van der Waals surface area (Å²) in [6.45, 7) is 24.4. The maximum atomic E-state index is 13.4. The quantitative estimate of drug-likeness (QED) is 0.0213. The lowest BCUT2D eigenvalue weighted by Crippen LogP contribution is -2.42. The van der Waals surface area contributed by atoms with Crippen LogP contribution >= 0.6 is 48.0 Å². The van der Waals surface area contributed by atoms with E-state index in [2.05, 4.69) is 104 Å². The van der Waals surface area contributed by atoms with Gasteiger partial charge in [0.25, 0.3) is 11.8 Å². The summed E-state index contributed by atoms with van der Waals surface area (Å²) in [4.78, 5) is 95.4. The van der Waals surface area contributed by atoms with Gasteiger partial charge < -0.3 is 106 Å². The second-order valence-electron chi connectivity index (χ2n) is 34.0. The predicted molar refractivity (Wildman–Crippen MR) is 507 cm³/mol. The van der Waals surface area contributed by atoms with Gasteiger partial charge in [-0.3, -0.25) is 28.9 Å². The van der Waals surface area contributed by atoms with Crippen LogP contribution in [-0.4, -0.2) is 252 Å². The molecule has 0 bridgehead atoms. The highest BCUT2D eigenvalue weighted by Gasteiger charge is 2.29. The normalized spacial score (nSPS) is 17.4. The van der Waals surface area contributed by atoms with E-state index in [9.17, 15) is 44.1 Å². The van der Waals surface area contributed by atoms with Crippen LogP contribution in [0.3, 0.4) is 0 Å². The Labute approximate surface area is 775 Å². The highest BCUT2D eigenvalue weighted by atomic mass is 35.5. The number of halogens is 4. The zero-order valence-corrected chi connectivity index (χ0v) is 78.0. The third kappa shape index (κ3) is 32.1. The fourth-order valence-electron chi connectivity index (χ4n) is 16.9. The molecule has 5 aromatic carbocycles. The number of piperidine rings is 6. The number of oxazole rings is 2. The highest BCUT2D eigenvalue weighted by molar-refractivity contribution is 6.18. The third-order valence-electron chi connectivity index (χ3n) is 24.5. The van der Waals surface area contributed by atoms with Crippen LogP contribution in [-0.2, 0) is 53.5 Å². The first-order valence-electron chi connectivity index (χ1n) is 45.1. The van der Waals surface area contributed by atoms with Crippen LogP contribution < -0.4 is 61.8 Å². The second kappa shape index (κ2) is 52.5. The molecule has 30 nitrogen and oxygen atoms in total. The molecule has 10 heterocycles. The maximum absolute atomic E-state index is 13.4. The molecule has 7 aromatic rings. The van der Waals surface area contributed by atoms with Crippen LogP contribution in [0.1, 0.15) is 193 Å². The Morgan fingerprint density at radius 2 is 0.867 bits per heavy atom. The number of anilines is 6. The van der Waals surface area contributed by atoms with Crippen molar-refractivity contribution >= 4 is 118 Å². The van der Waals surface area contributed by atoms with Crippen molar-refractivity contribution in [2.45, 2.75) is 207 Å². The van der Waals surface area contributed by atoms with Gasteiger partial charge in [0.15, 0.2) is 24.3 Å². The second-order valence-corrected chi connectivity index (χ2v) is 34.6. The SMILES string of the molecule is CC(=O)N1CCC(Nc2cc(C(=O)NC[C@H](O)CCl)cc(N3CCCCC3)c2)CC1.CC(=O)N1CCC(Nc2cc(C(=O)NC[C@H](O)CN3CCc4cc(OCc5ocnc5C)ccc4C3)cc(N3CCCCC3)c2)CC1.CC(=O)N1CCC(Nc2cc(C(=O)O)cc(N3CCCCC3)c2)CC1.Cc1ncoc1COc1ccc2c(c1)CCNC2.Cl.Cl.NC[C@H](O)CCl. The van der Waals surface area contributed by atoms with E-state index in [4.69, 9.17) is 52.4 Å². The number of nitrogens with two attached hydrogens (primary N) is 1. The summed E-state index contributed by atoms with van der Waals surface area (Å²) in [7, 11) is 0. The van der Waals surface area contributed by atoms with Crippen LogP contribution in [0.5, 0.6) is 11.5 Å². The molecule has 8 aliphatic heterocycles. The van der Waals surface area contributed by atoms with E-state index in [0.29, 0.717) is 36.4 Å². The number of carbonyl (C=O) groups excluding carboxylic acids is 5. The van der Waals surface area contributed by atoms with Crippen LogP contribution in [0.2, 0.25) is 0 Å². The van der Waals surface area contributed by atoms with Gasteiger partial charge >= 0.3 is 5.97 Å². The minimum Gasteiger partial charge on any atom is -0.486 e. The van der Waals surface area contributed by atoms with Crippen molar-refractivity contribution < 1.29 is 67.5 Å². The summed E-state index contributed by atoms with van der Waals surface area (Å²) in [5.74, 6) is 2.60. The Morgan fingerprint density at radius 1 is 0.484 bits per heavy atom. The molecule has 34 heteroatoms. The number of hydrogen-bond acceptors (Lipinski definition) is 24. The average molecular weight is 1850 g/mol. The molecule has 6 fully saturated rings. The minimum atomic E-state index is -0.895. The number of nitrogens with one attached hydrogen (secondary N) is 6. The largest absolute Gasteiger partial charge is 0.486 e. The molecule has 0 aliphatic carbocycles. The fraction of sp³-hybridized carbons (Fsp3) is 0.553. The maximum Gasteiger partial charge on any atom is 0.335 e. The zero-order chi connectivity index (χ0) is 89.4. The Bertz CT molecular complexity index is 4630. The predicted octanol–water partition coefficient (Wildman–Crippen LogP) is 11.9. The molecule has 128 heavy (non-hydrogen) atoms. The van der Waals surface area contributed by atoms with E-state index in [1.165, 1.54) is 54.3 Å². The van der Waals surface area contributed by atoms with Crippen molar-refractivity contribution in [1.29, 1.82) is 0 Å². The molecule has 2 aromatic heterocycles. The number of aliphatic hydroxyl groups is 3. The van der Waals surface area contributed by atoms with Crippen molar-refractivity contribution in [2.24, 2.45) is 5.73 Å². The van der Waals surface area contributed by atoms with Crippen molar-refractivity contribution in [3.05, 3.63) is 166 Å². The number of carbonyl (C=O) groups is 6. The number of nitrogens with zero attached hydrogens (tertiary/aromatic N) is 9. The summed E-state index contributed by atoms with van der Waals surface area (Å²) in [5.41, 5.74) is 19.2. The number of carboxylic acid groups (broad SMARTS) is 1. The van der Waals surface area contributed by atoms with Gasteiger partial charge in [-0.2, -0.15) is 0 Å². The molecule has 15 rings (SSSR count). The number of rotatable bonds is 27. The van der Waals surface area contributed by atoms with Gasteiger partial charge in [0, 0.05) is 214 Å².